The summed E-state index contributed by atoms with van der Waals surface area (Å²) < 4.78 is 0. The van der Waals surface area contributed by atoms with E-state index in [0.717, 1.165) is 33.4 Å². The first-order valence-corrected chi connectivity index (χ1v) is 10.9. The van der Waals surface area contributed by atoms with Crippen LogP contribution in [0.5, 0.6) is 0 Å². The van der Waals surface area contributed by atoms with Gasteiger partial charge >= 0.3 is 0 Å². The van der Waals surface area contributed by atoms with Gasteiger partial charge < -0.3 is 0 Å². The van der Waals surface area contributed by atoms with Crippen LogP contribution in [-0.4, -0.2) is 0 Å². The van der Waals surface area contributed by atoms with Gasteiger partial charge in [0, 0.05) is 33.4 Å². The van der Waals surface area contributed by atoms with E-state index in [1.807, 2.05) is 54.6 Å². The Kier molecular flexibility index (Phi) is 6.76. The molecule has 0 aliphatic rings. The second-order valence-corrected chi connectivity index (χ2v) is 8.16. The zero-order valence-electron chi connectivity index (χ0n) is 19.2. The first kappa shape index (κ1) is 21.8. The van der Waals surface area contributed by atoms with Crippen molar-refractivity contribution in [2.75, 3.05) is 0 Å². The molecule has 4 rings (SSSR count). The molecule has 4 aromatic carbocycles. The van der Waals surface area contributed by atoms with Crippen molar-refractivity contribution in [2.24, 2.45) is 0 Å². The lowest BCUT2D eigenvalue weighted by molar-refractivity contribution is 1.45. The molecule has 4 aromatic rings. The fourth-order valence-corrected chi connectivity index (χ4v) is 3.45. The van der Waals surface area contributed by atoms with Gasteiger partial charge in [-0.2, -0.15) is 0 Å². The second kappa shape index (κ2) is 10.2. The van der Waals surface area contributed by atoms with Crippen LogP contribution in [0.1, 0.15) is 50.1 Å². The molecule has 0 aliphatic carbocycles. The molecular formula is C33H24. The number of benzene rings is 4. The monoisotopic (exact) mass is 420 g/mol. The highest BCUT2D eigenvalue weighted by Crippen LogP contribution is 2.11. The predicted molar refractivity (Wildman–Crippen MR) is 138 cm³/mol. The molecule has 0 amide bonds. The van der Waals surface area contributed by atoms with Crippen LogP contribution in [-0.2, 0) is 0 Å². The summed E-state index contributed by atoms with van der Waals surface area (Å²) in [6, 6.07) is 30.8. The highest BCUT2D eigenvalue weighted by molar-refractivity contribution is 5.55. The van der Waals surface area contributed by atoms with E-state index < -0.39 is 0 Å². The summed E-state index contributed by atoms with van der Waals surface area (Å²) in [6.45, 7) is 6.23. The molecule has 0 saturated heterocycles. The number of hydrogen-bond donors (Lipinski definition) is 0. The Bertz CT molecular complexity index is 1300. The van der Waals surface area contributed by atoms with E-state index in [1.165, 1.54) is 16.7 Å². The third-order valence-electron chi connectivity index (χ3n) is 5.04. The SMILES string of the molecule is Cc1cccc(C#Cc2cc(C#Cc3cccc(C)c3)cc(C#Cc3cccc(C)c3)c2)c1. The van der Waals surface area contributed by atoms with E-state index >= 15 is 0 Å². The lowest BCUT2D eigenvalue weighted by atomic mass is 10.0. The third-order valence-corrected chi connectivity index (χ3v) is 5.04. The Hall–Kier alpha value is -4.44. The van der Waals surface area contributed by atoms with Gasteiger partial charge in [-0.1, -0.05) is 71.9 Å². The lowest BCUT2D eigenvalue weighted by Crippen LogP contribution is -1.86. The maximum Gasteiger partial charge on any atom is 0.0273 e. The highest BCUT2D eigenvalue weighted by Gasteiger charge is 1.98. The largest absolute Gasteiger partial charge is 0.0616 e. The normalized spacial score (nSPS) is 9.55. The van der Waals surface area contributed by atoms with Crippen LogP contribution in [0.15, 0.2) is 91.0 Å². The van der Waals surface area contributed by atoms with Gasteiger partial charge in [0.2, 0.25) is 0 Å². The fraction of sp³-hybridized carbons (Fsp3) is 0.0909. The van der Waals surface area contributed by atoms with Crippen LogP contribution in [0.4, 0.5) is 0 Å². The number of aryl methyl sites for hydroxylation is 3. The molecule has 0 saturated carbocycles. The lowest BCUT2D eigenvalue weighted by Gasteiger charge is -1.99. The Labute approximate surface area is 197 Å². The number of hydrogen-bond acceptors (Lipinski definition) is 0. The molecule has 0 bridgehead atoms. The molecule has 0 aliphatic heterocycles. The average molecular weight is 421 g/mol. The molecule has 0 unspecified atom stereocenters. The second-order valence-electron chi connectivity index (χ2n) is 8.16. The van der Waals surface area contributed by atoms with Crippen LogP contribution in [0.3, 0.4) is 0 Å². The van der Waals surface area contributed by atoms with Crippen molar-refractivity contribution in [2.45, 2.75) is 20.8 Å². The topological polar surface area (TPSA) is 0 Å². The molecule has 0 radical (unpaired) electrons. The molecule has 0 heteroatoms. The quantitative estimate of drug-likeness (QED) is 0.274. The van der Waals surface area contributed by atoms with Crippen molar-refractivity contribution in [3.8, 4) is 35.5 Å². The molecule has 0 fully saturated rings. The zero-order valence-corrected chi connectivity index (χ0v) is 19.2. The first-order valence-electron chi connectivity index (χ1n) is 10.9. The third kappa shape index (κ3) is 6.52. The van der Waals surface area contributed by atoms with Gasteiger partial charge in [-0.25, -0.2) is 0 Å². The summed E-state index contributed by atoms with van der Waals surface area (Å²) in [7, 11) is 0. The minimum atomic E-state index is 0.904. The van der Waals surface area contributed by atoms with E-state index in [9.17, 15) is 0 Å². The van der Waals surface area contributed by atoms with Crippen molar-refractivity contribution in [3.63, 3.8) is 0 Å². The van der Waals surface area contributed by atoms with Gasteiger partial charge in [0.1, 0.15) is 0 Å². The van der Waals surface area contributed by atoms with E-state index in [1.54, 1.807) is 0 Å². The zero-order chi connectivity index (χ0) is 23.0. The average Bonchev–Trinajstić information content (AvgIpc) is 2.80. The predicted octanol–water partition coefficient (Wildman–Crippen LogP) is 6.81. The summed E-state index contributed by atoms with van der Waals surface area (Å²) in [5.41, 5.74) is 9.30. The molecule has 0 heterocycles. The Morgan fingerprint density at radius 1 is 0.333 bits per heavy atom. The molecule has 0 spiro atoms. The molecular weight excluding hydrogens is 396 g/mol. The Morgan fingerprint density at radius 2 is 0.606 bits per heavy atom. The van der Waals surface area contributed by atoms with E-state index in [-0.39, 0.29) is 0 Å². The van der Waals surface area contributed by atoms with E-state index in [0.29, 0.717) is 0 Å². The minimum absolute atomic E-state index is 0.904. The smallest absolute Gasteiger partial charge is 0.0273 e. The number of rotatable bonds is 0. The molecule has 33 heavy (non-hydrogen) atoms. The van der Waals surface area contributed by atoms with Crippen molar-refractivity contribution in [1.82, 2.24) is 0 Å². The molecule has 0 atom stereocenters. The van der Waals surface area contributed by atoms with Crippen LogP contribution in [0.2, 0.25) is 0 Å². The highest BCUT2D eigenvalue weighted by atomic mass is 14.0. The van der Waals surface area contributed by atoms with Crippen LogP contribution < -0.4 is 0 Å². The Balaban J connectivity index is 1.73. The van der Waals surface area contributed by atoms with Gasteiger partial charge in [-0.05, 0) is 92.1 Å². The van der Waals surface area contributed by atoms with Gasteiger partial charge in [0.05, 0.1) is 0 Å². The molecule has 0 nitrogen and oxygen atoms in total. The summed E-state index contributed by atoms with van der Waals surface area (Å²) in [6.07, 6.45) is 0. The standard InChI is InChI=1S/C33H24/c1-25-7-4-10-28(19-25)13-16-31-22-32(17-14-29-11-5-8-26(2)20-29)24-33(23-31)18-15-30-12-6-9-27(3)21-30/h4-12,19-24H,1-3H3. The van der Waals surface area contributed by atoms with Crippen molar-refractivity contribution in [1.29, 1.82) is 0 Å². The summed E-state index contributed by atoms with van der Waals surface area (Å²) in [5.74, 6) is 19.7. The van der Waals surface area contributed by atoms with Gasteiger partial charge in [0.25, 0.3) is 0 Å². The van der Waals surface area contributed by atoms with Crippen molar-refractivity contribution in [3.05, 3.63) is 141 Å². The van der Waals surface area contributed by atoms with Crippen LogP contribution in [0, 0.1) is 56.3 Å². The molecule has 156 valence electrons. The summed E-state index contributed by atoms with van der Waals surface area (Å²) in [5, 5.41) is 0. The summed E-state index contributed by atoms with van der Waals surface area (Å²) >= 11 is 0. The maximum atomic E-state index is 3.30. The Morgan fingerprint density at radius 3 is 0.879 bits per heavy atom. The van der Waals surface area contributed by atoms with Gasteiger partial charge in [-0.15, -0.1) is 0 Å². The van der Waals surface area contributed by atoms with Crippen molar-refractivity contribution >= 4 is 0 Å². The summed E-state index contributed by atoms with van der Waals surface area (Å²) in [4.78, 5) is 0. The van der Waals surface area contributed by atoms with Gasteiger partial charge in [-0.3, -0.25) is 0 Å². The van der Waals surface area contributed by atoms with Crippen LogP contribution in [0.25, 0.3) is 0 Å². The minimum Gasteiger partial charge on any atom is -0.0616 e. The molecule has 0 N–H and O–H groups in total. The van der Waals surface area contributed by atoms with Crippen molar-refractivity contribution < 1.29 is 0 Å². The first-order chi connectivity index (χ1) is 16.0. The van der Waals surface area contributed by atoms with Gasteiger partial charge in [0.15, 0.2) is 0 Å². The molecule has 0 aromatic heterocycles. The fourth-order valence-electron chi connectivity index (χ4n) is 3.45. The van der Waals surface area contributed by atoms with E-state index in [2.05, 4.69) is 92.7 Å². The van der Waals surface area contributed by atoms with Crippen LogP contribution >= 0.6 is 0 Å². The maximum absolute atomic E-state index is 3.30. The van der Waals surface area contributed by atoms with E-state index in [4.69, 9.17) is 0 Å².